The number of carbonyl (C=O) groups excluding carboxylic acids is 1. The van der Waals surface area contributed by atoms with Crippen molar-refractivity contribution >= 4 is 5.91 Å². The summed E-state index contributed by atoms with van der Waals surface area (Å²) in [6.45, 7) is 2.28. The summed E-state index contributed by atoms with van der Waals surface area (Å²) in [5.74, 6) is 0.771. The van der Waals surface area contributed by atoms with E-state index in [-0.39, 0.29) is 18.1 Å². The van der Waals surface area contributed by atoms with Gasteiger partial charge in [0.25, 0.3) is 0 Å². The minimum Gasteiger partial charge on any atom is -0.392 e. The van der Waals surface area contributed by atoms with Crippen molar-refractivity contribution in [1.29, 1.82) is 0 Å². The maximum atomic E-state index is 12.9. The zero-order valence-electron chi connectivity index (χ0n) is 14.7. The number of rotatable bonds is 1. The first kappa shape index (κ1) is 14.7. The van der Waals surface area contributed by atoms with Crippen molar-refractivity contribution in [3.63, 3.8) is 0 Å². The fourth-order valence-corrected chi connectivity index (χ4v) is 7.29. The van der Waals surface area contributed by atoms with Gasteiger partial charge < -0.3 is 10.0 Å². The Bertz CT molecular complexity index is 764. The second-order valence-electron chi connectivity index (χ2n) is 8.73. The lowest BCUT2D eigenvalue weighted by atomic mass is 9.56. The number of aliphatic hydroxyl groups excluding tert-OH is 1. The Kier molecular flexibility index (Phi) is 2.87. The molecule has 4 aliphatic heterocycles. The second kappa shape index (κ2) is 4.86. The quantitative estimate of drug-likeness (QED) is 0.747. The van der Waals surface area contributed by atoms with E-state index in [1.54, 1.807) is 5.57 Å². The van der Waals surface area contributed by atoms with Crippen molar-refractivity contribution in [3.05, 3.63) is 34.6 Å². The van der Waals surface area contributed by atoms with Crippen LogP contribution in [0.15, 0.2) is 34.6 Å². The van der Waals surface area contributed by atoms with Gasteiger partial charge in [0.2, 0.25) is 5.91 Å². The molecule has 1 saturated carbocycles. The molecule has 4 unspecified atom stereocenters. The minimum atomic E-state index is 0.130. The molecule has 132 valence electrons. The molecule has 4 nitrogen and oxygen atoms in total. The lowest BCUT2D eigenvalue weighted by Crippen LogP contribution is -2.60. The fraction of sp³-hybridized carbons (Fsp3) is 0.667. The summed E-state index contributed by atoms with van der Waals surface area (Å²) in [4.78, 5) is 17.9. The van der Waals surface area contributed by atoms with E-state index in [2.05, 4.69) is 15.9 Å². The number of piperidine rings is 1. The lowest BCUT2D eigenvalue weighted by Gasteiger charge is -2.55. The van der Waals surface area contributed by atoms with Crippen molar-refractivity contribution in [3.8, 4) is 0 Å². The maximum absolute atomic E-state index is 12.9. The van der Waals surface area contributed by atoms with Gasteiger partial charge in [-0.25, -0.2) is 0 Å². The molecule has 3 fully saturated rings. The van der Waals surface area contributed by atoms with Gasteiger partial charge in [-0.3, -0.25) is 9.69 Å². The topological polar surface area (TPSA) is 43.8 Å². The van der Waals surface area contributed by atoms with Crippen LogP contribution in [0.3, 0.4) is 0 Å². The molecular weight excluding hydrogens is 312 g/mol. The van der Waals surface area contributed by atoms with Gasteiger partial charge in [0.05, 0.1) is 12.6 Å². The smallest absolute Gasteiger partial charge is 0.231 e. The second-order valence-corrected chi connectivity index (χ2v) is 8.73. The Hall–Kier alpha value is -1.39. The molecule has 0 aromatic heterocycles. The molecule has 4 heterocycles. The van der Waals surface area contributed by atoms with Crippen molar-refractivity contribution in [2.45, 2.75) is 57.0 Å². The van der Waals surface area contributed by atoms with Gasteiger partial charge >= 0.3 is 0 Å². The predicted molar refractivity (Wildman–Crippen MR) is 94.5 cm³/mol. The number of allylic oxidation sites excluding steroid dienone is 1. The van der Waals surface area contributed by atoms with Crippen LogP contribution in [0, 0.1) is 11.3 Å². The van der Waals surface area contributed by atoms with Crippen molar-refractivity contribution < 1.29 is 9.90 Å². The first-order chi connectivity index (χ1) is 12.3. The molecule has 2 saturated heterocycles. The average molecular weight is 338 g/mol. The molecule has 0 aromatic carbocycles. The van der Waals surface area contributed by atoms with E-state index >= 15 is 0 Å². The van der Waals surface area contributed by atoms with E-state index in [0.29, 0.717) is 24.3 Å². The normalized spacial score (nSPS) is 43.5. The highest BCUT2D eigenvalue weighted by atomic mass is 16.2. The summed E-state index contributed by atoms with van der Waals surface area (Å²) in [6.07, 6.45) is 12.1. The molecule has 6 rings (SSSR count). The molecule has 2 aliphatic carbocycles. The molecule has 0 aromatic rings. The molecule has 0 radical (unpaired) electrons. The van der Waals surface area contributed by atoms with E-state index in [9.17, 15) is 9.90 Å². The van der Waals surface area contributed by atoms with Crippen molar-refractivity contribution in [2.75, 3.05) is 19.7 Å². The Balaban J connectivity index is 1.59. The number of nitrogens with zero attached hydrogens (tertiary/aromatic N) is 2. The van der Waals surface area contributed by atoms with Crippen molar-refractivity contribution in [2.24, 2.45) is 11.3 Å². The summed E-state index contributed by atoms with van der Waals surface area (Å²) in [5, 5.41) is 9.52. The standard InChI is InChI=1S/C21H26N2O2/c24-10-7-13-12-22-9-8-21-16-3-1-2-4-17(16)23-19(25)6-5-14(20(21)23)15(13)11-18(21)22/h5,7,15,18,20,24H,1-4,6,8-12H2/b13-7-. The molecule has 4 atom stereocenters. The van der Waals surface area contributed by atoms with E-state index in [1.807, 2.05) is 6.08 Å². The molecule has 1 amide bonds. The van der Waals surface area contributed by atoms with E-state index in [4.69, 9.17) is 0 Å². The summed E-state index contributed by atoms with van der Waals surface area (Å²) in [6, 6.07) is 0.877. The summed E-state index contributed by atoms with van der Waals surface area (Å²) in [7, 11) is 0. The third kappa shape index (κ3) is 1.59. The van der Waals surface area contributed by atoms with E-state index in [1.165, 1.54) is 48.9 Å². The number of amides is 1. The van der Waals surface area contributed by atoms with Crippen molar-refractivity contribution in [1.82, 2.24) is 9.80 Å². The van der Waals surface area contributed by atoms with Crippen LogP contribution in [0.4, 0.5) is 0 Å². The highest BCUT2D eigenvalue weighted by molar-refractivity contribution is 5.84. The van der Waals surface area contributed by atoms with Crippen LogP contribution in [-0.2, 0) is 4.79 Å². The Morgan fingerprint density at radius 1 is 1.32 bits per heavy atom. The number of fused-ring (bicyclic) bond motifs is 3. The fourth-order valence-electron chi connectivity index (χ4n) is 7.29. The number of carbonyl (C=O) groups is 1. The Morgan fingerprint density at radius 3 is 3.08 bits per heavy atom. The van der Waals surface area contributed by atoms with Gasteiger partial charge in [-0.05, 0) is 56.2 Å². The zero-order valence-corrected chi connectivity index (χ0v) is 14.7. The molecule has 1 N–H and O–H groups in total. The molecule has 2 bridgehead atoms. The first-order valence-corrected chi connectivity index (χ1v) is 10.0. The van der Waals surface area contributed by atoms with Crippen LogP contribution in [0.25, 0.3) is 0 Å². The van der Waals surface area contributed by atoms with Crippen LogP contribution >= 0.6 is 0 Å². The summed E-state index contributed by atoms with van der Waals surface area (Å²) < 4.78 is 0. The zero-order chi connectivity index (χ0) is 16.8. The summed E-state index contributed by atoms with van der Waals surface area (Å²) in [5.41, 5.74) is 6.17. The predicted octanol–water partition coefficient (Wildman–Crippen LogP) is 2.37. The maximum Gasteiger partial charge on any atom is 0.231 e. The number of hydrogen-bond acceptors (Lipinski definition) is 3. The highest BCUT2D eigenvalue weighted by Crippen LogP contribution is 2.66. The first-order valence-electron chi connectivity index (χ1n) is 10.0. The van der Waals surface area contributed by atoms with Gasteiger partial charge in [0.15, 0.2) is 0 Å². The van der Waals surface area contributed by atoms with Crippen LogP contribution in [0.1, 0.15) is 44.9 Å². The third-order valence-corrected chi connectivity index (χ3v) is 8.03. The number of hydrogen-bond donors (Lipinski definition) is 1. The number of aliphatic hydroxyl groups is 1. The minimum absolute atomic E-state index is 0.130. The Morgan fingerprint density at radius 2 is 2.20 bits per heavy atom. The SMILES string of the molecule is O=C1CC=C2C3CC4N(CCC45C4=C(CCCC4)N1C25)C/C3=C/CO. The Labute approximate surface area is 148 Å². The van der Waals surface area contributed by atoms with E-state index < -0.39 is 0 Å². The van der Waals surface area contributed by atoms with Gasteiger partial charge in [-0.2, -0.15) is 0 Å². The average Bonchev–Trinajstić information content (AvgIpc) is 3.17. The highest BCUT2D eigenvalue weighted by Gasteiger charge is 2.67. The summed E-state index contributed by atoms with van der Waals surface area (Å²) >= 11 is 0. The van der Waals surface area contributed by atoms with Crippen LogP contribution < -0.4 is 0 Å². The van der Waals surface area contributed by atoms with Crippen LogP contribution in [0.2, 0.25) is 0 Å². The molecule has 6 aliphatic rings. The molecular formula is C21H26N2O2. The lowest BCUT2D eigenvalue weighted by molar-refractivity contribution is -0.132. The van der Waals surface area contributed by atoms with Gasteiger partial charge in [0, 0.05) is 36.0 Å². The van der Waals surface area contributed by atoms with Gasteiger partial charge in [-0.1, -0.05) is 17.7 Å². The molecule has 25 heavy (non-hydrogen) atoms. The third-order valence-electron chi connectivity index (χ3n) is 8.03. The monoisotopic (exact) mass is 338 g/mol. The van der Waals surface area contributed by atoms with E-state index in [0.717, 1.165) is 19.5 Å². The van der Waals surface area contributed by atoms with Gasteiger partial charge in [0.1, 0.15) is 0 Å². The van der Waals surface area contributed by atoms with Gasteiger partial charge in [-0.15, -0.1) is 0 Å². The molecule has 4 heteroatoms. The van der Waals surface area contributed by atoms with Crippen LogP contribution in [0.5, 0.6) is 0 Å². The van der Waals surface area contributed by atoms with Crippen LogP contribution in [-0.4, -0.2) is 52.6 Å². The molecule has 1 spiro atoms. The largest absolute Gasteiger partial charge is 0.392 e.